The Morgan fingerprint density at radius 2 is 2.00 bits per heavy atom. The van der Waals surface area contributed by atoms with Crippen LogP contribution >= 0.6 is 0 Å². The highest BCUT2D eigenvalue weighted by atomic mass is 16.5. The van der Waals surface area contributed by atoms with Gasteiger partial charge in [-0.15, -0.1) is 0 Å². The fourth-order valence-corrected chi connectivity index (χ4v) is 2.10. The molecule has 0 radical (unpaired) electrons. The molecule has 0 atom stereocenters. The molecule has 0 unspecified atom stereocenters. The fraction of sp³-hybridized carbons (Fsp3) is 0.333. The molecule has 0 spiro atoms. The highest BCUT2D eigenvalue weighted by Gasteiger charge is 2.07. The van der Waals surface area contributed by atoms with Crippen LogP contribution in [-0.2, 0) is 11.4 Å². The second kappa shape index (κ2) is 8.29. The van der Waals surface area contributed by atoms with Crippen molar-refractivity contribution in [2.24, 2.45) is 0 Å². The van der Waals surface area contributed by atoms with Gasteiger partial charge >= 0.3 is 0 Å². The molecule has 5 nitrogen and oxygen atoms in total. The van der Waals surface area contributed by atoms with Crippen molar-refractivity contribution in [2.45, 2.75) is 32.8 Å². The molecule has 23 heavy (non-hydrogen) atoms. The Balaban J connectivity index is 1.80. The number of aliphatic hydroxyl groups excluding tert-OH is 1. The van der Waals surface area contributed by atoms with Crippen molar-refractivity contribution in [1.29, 1.82) is 0 Å². The van der Waals surface area contributed by atoms with Crippen LogP contribution in [0.1, 0.15) is 37.3 Å². The number of anilines is 1. The van der Waals surface area contributed by atoms with E-state index in [0.717, 1.165) is 5.75 Å². The first-order valence-corrected chi connectivity index (χ1v) is 7.66. The molecule has 0 fully saturated rings. The summed E-state index contributed by atoms with van der Waals surface area (Å²) in [6.45, 7) is 4.43. The van der Waals surface area contributed by atoms with Gasteiger partial charge in [0.1, 0.15) is 5.75 Å². The predicted molar refractivity (Wildman–Crippen MR) is 89.4 cm³/mol. The molecule has 2 N–H and O–H groups in total. The molecule has 2 aromatic rings. The van der Waals surface area contributed by atoms with Crippen LogP contribution in [-0.4, -0.2) is 22.6 Å². The van der Waals surface area contributed by atoms with Gasteiger partial charge in [0.25, 0.3) is 0 Å². The third-order valence-electron chi connectivity index (χ3n) is 3.50. The zero-order valence-electron chi connectivity index (χ0n) is 13.5. The summed E-state index contributed by atoms with van der Waals surface area (Å²) < 4.78 is 5.58. The van der Waals surface area contributed by atoms with Gasteiger partial charge < -0.3 is 15.2 Å². The van der Waals surface area contributed by atoms with Crippen molar-refractivity contribution >= 4 is 11.6 Å². The minimum absolute atomic E-state index is 0.142. The Labute approximate surface area is 136 Å². The lowest BCUT2D eigenvalue weighted by Gasteiger charge is -2.10. The van der Waals surface area contributed by atoms with E-state index < -0.39 is 0 Å². The van der Waals surface area contributed by atoms with E-state index in [4.69, 9.17) is 4.74 Å². The molecule has 0 aliphatic carbocycles. The standard InChI is InChI=1S/C18H22N2O3/c1-13(2)14-3-5-16(6-4-14)23-10-8-18(22)20-17-11-19-9-7-15(17)12-21/h3-7,9,11,13,21H,8,10,12H2,1-2H3,(H,20,22). The molecule has 1 aromatic carbocycles. The number of hydrogen-bond acceptors (Lipinski definition) is 4. The summed E-state index contributed by atoms with van der Waals surface area (Å²) >= 11 is 0. The van der Waals surface area contributed by atoms with Crippen LogP contribution in [0.4, 0.5) is 5.69 Å². The van der Waals surface area contributed by atoms with Crippen LogP contribution in [0.15, 0.2) is 42.7 Å². The summed E-state index contributed by atoms with van der Waals surface area (Å²) in [5.74, 6) is 1.06. The van der Waals surface area contributed by atoms with Crippen molar-refractivity contribution in [1.82, 2.24) is 4.98 Å². The van der Waals surface area contributed by atoms with Crippen LogP contribution in [0.25, 0.3) is 0 Å². The van der Waals surface area contributed by atoms with Crippen molar-refractivity contribution in [3.63, 3.8) is 0 Å². The van der Waals surface area contributed by atoms with Gasteiger partial charge in [-0.2, -0.15) is 0 Å². The summed E-state index contributed by atoms with van der Waals surface area (Å²) in [5.41, 5.74) is 2.42. The molecule has 122 valence electrons. The maximum Gasteiger partial charge on any atom is 0.227 e. The normalized spacial score (nSPS) is 10.6. The number of carbonyl (C=O) groups is 1. The molecule has 5 heteroatoms. The second-order valence-corrected chi connectivity index (χ2v) is 5.56. The maximum atomic E-state index is 11.9. The maximum absolute atomic E-state index is 11.9. The summed E-state index contributed by atoms with van der Waals surface area (Å²) in [6.07, 6.45) is 3.33. The molecule has 0 saturated carbocycles. The molecular weight excluding hydrogens is 292 g/mol. The number of ether oxygens (including phenoxy) is 1. The number of carbonyl (C=O) groups excluding carboxylic acids is 1. The number of pyridine rings is 1. The van der Waals surface area contributed by atoms with Crippen LogP contribution in [0.2, 0.25) is 0 Å². The van der Waals surface area contributed by atoms with Gasteiger partial charge in [0, 0.05) is 11.8 Å². The summed E-state index contributed by atoms with van der Waals surface area (Å²) in [4.78, 5) is 15.9. The van der Waals surface area contributed by atoms with Crippen molar-refractivity contribution in [2.75, 3.05) is 11.9 Å². The van der Waals surface area contributed by atoms with E-state index >= 15 is 0 Å². The van der Waals surface area contributed by atoms with Crippen molar-refractivity contribution < 1.29 is 14.6 Å². The number of benzene rings is 1. The molecule has 2 rings (SSSR count). The monoisotopic (exact) mass is 314 g/mol. The second-order valence-electron chi connectivity index (χ2n) is 5.56. The molecule has 1 heterocycles. The third-order valence-corrected chi connectivity index (χ3v) is 3.50. The van der Waals surface area contributed by atoms with E-state index in [1.54, 1.807) is 12.3 Å². The van der Waals surface area contributed by atoms with Gasteiger partial charge in [-0.05, 0) is 29.7 Å². The number of amides is 1. The average molecular weight is 314 g/mol. The van der Waals surface area contributed by atoms with Gasteiger partial charge in [0.15, 0.2) is 0 Å². The van der Waals surface area contributed by atoms with E-state index in [1.165, 1.54) is 11.8 Å². The summed E-state index contributed by atoms with van der Waals surface area (Å²) in [6, 6.07) is 9.56. The number of aliphatic hydroxyl groups is 1. The SMILES string of the molecule is CC(C)c1ccc(OCCC(=O)Nc2cnccc2CO)cc1. The summed E-state index contributed by atoms with van der Waals surface area (Å²) in [5, 5.41) is 11.9. The first kappa shape index (κ1) is 17.0. The highest BCUT2D eigenvalue weighted by molar-refractivity contribution is 5.91. The molecule has 1 amide bonds. The molecule has 0 bridgehead atoms. The zero-order valence-corrected chi connectivity index (χ0v) is 13.5. The van der Waals surface area contributed by atoms with Crippen LogP contribution in [0.5, 0.6) is 5.75 Å². The van der Waals surface area contributed by atoms with Crippen molar-refractivity contribution in [3.05, 3.63) is 53.9 Å². The highest BCUT2D eigenvalue weighted by Crippen LogP contribution is 2.19. The molecular formula is C18H22N2O3. The van der Waals surface area contributed by atoms with E-state index in [2.05, 4.69) is 24.1 Å². The predicted octanol–water partition coefficient (Wildman–Crippen LogP) is 3.10. The number of rotatable bonds is 7. The fourth-order valence-electron chi connectivity index (χ4n) is 2.10. The lowest BCUT2D eigenvalue weighted by Crippen LogP contribution is -2.16. The lowest BCUT2D eigenvalue weighted by atomic mass is 10.0. The van der Waals surface area contributed by atoms with Gasteiger partial charge in [-0.3, -0.25) is 9.78 Å². The number of nitrogens with one attached hydrogen (secondary N) is 1. The Morgan fingerprint density at radius 1 is 1.26 bits per heavy atom. The third kappa shape index (κ3) is 5.07. The number of aromatic nitrogens is 1. The Kier molecular flexibility index (Phi) is 6.11. The molecule has 0 saturated heterocycles. The number of nitrogens with zero attached hydrogens (tertiary/aromatic N) is 1. The Hall–Kier alpha value is -2.40. The smallest absolute Gasteiger partial charge is 0.227 e. The molecule has 1 aromatic heterocycles. The average Bonchev–Trinajstić information content (AvgIpc) is 2.56. The minimum atomic E-state index is -0.175. The van der Waals surface area contributed by atoms with Crippen molar-refractivity contribution in [3.8, 4) is 5.75 Å². The molecule has 0 aliphatic heterocycles. The zero-order chi connectivity index (χ0) is 16.7. The number of hydrogen-bond donors (Lipinski definition) is 2. The summed E-state index contributed by atoms with van der Waals surface area (Å²) in [7, 11) is 0. The minimum Gasteiger partial charge on any atom is -0.493 e. The van der Waals surface area contributed by atoms with E-state index in [9.17, 15) is 9.90 Å². The lowest BCUT2D eigenvalue weighted by molar-refractivity contribution is -0.116. The molecule has 0 aliphatic rings. The van der Waals surface area contributed by atoms with Crippen LogP contribution in [0.3, 0.4) is 0 Å². The quantitative estimate of drug-likeness (QED) is 0.824. The Morgan fingerprint density at radius 3 is 2.65 bits per heavy atom. The van der Waals surface area contributed by atoms with E-state index in [0.29, 0.717) is 23.8 Å². The van der Waals surface area contributed by atoms with Gasteiger partial charge in [-0.25, -0.2) is 0 Å². The van der Waals surface area contributed by atoms with Gasteiger partial charge in [0.05, 0.1) is 31.5 Å². The van der Waals surface area contributed by atoms with Crippen LogP contribution in [0, 0.1) is 0 Å². The topological polar surface area (TPSA) is 71.5 Å². The largest absolute Gasteiger partial charge is 0.493 e. The van der Waals surface area contributed by atoms with Gasteiger partial charge in [0.2, 0.25) is 5.91 Å². The van der Waals surface area contributed by atoms with Crippen LogP contribution < -0.4 is 10.1 Å². The van der Waals surface area contributed by atoms with Gasteiger partial charge in [-0.1, -0.05) is 26.0 Å². The first-order valence-electron chi connectivity index (χ1n) is 7.66. The van der Waals surface area contributed by atoms with E-state index in [1.807, 2.05) is 24.3 Å². The van der Waals surface area contributed by atoms with E-state index in [-0.39, 0.29) is 18.9 Å². The Bertz CT molecular complexity index is 639. The first-order chi connectivity index (χ1) is 11.1.